The van der Waals surface area contributed by atoms with Gasteiger partial charge in [0.05, 0.1) is 15.5 Å². The lowest BCUT2D eigenvalue weighted by atomic mass is 10.2. The van der Waals surface area contributed by atoms with E-state index in [2.05, 4.69) is 9.88 Å². The molecule has 3 aromatic rings. The fourth-order valence-corrected chi connectivity index (χ4v) is 5.20. The quantitative estimate of drug-likeness (QED) is 0.709. The number of sulfonamides is 1. The molecule has 1 N–H and O–H groups in total. The SMILES string of the molecule is Cc1noc(-c2cc(S(=O)(=O)NCCc3ccccc3)c(C)s2)c1C. The summed E-state index contributed by atoms with van der Waals surface area (Å²) in [6.07, 6.45) is 0.649. The van der Waals surface area contributed by atoms with E-state index in [0.29, 0.717) is 23.6 Å². The zero-order valence-corrected chi connectivity index (χ0v) is 16.0. The summed E-state index contributed by atoms with van der Waals surface area (Å²) < 4.78 is 33.3. The molecule has 0 aliphatic rings. The smallest absolute Gasteiger partial charge is 0.241 e. The third-order valence-corrected chi connectivity index (χ3v) is 6.86. The van der Waals surface area contributed by atoms with Gasteiger partial charge < -0.3 is 4.52 Å². The van der Waals surface area contributed by atoms with Crippen molar-refractivity contribution in [1.29, 1.82) is 0 Å². The first-order valence-electron chi connectivity index (χ1n) is 7.96. The van der Waals surface area contributed by atoms with Crippen molar-refractivity contribution >= 4 is 21.4 Å². The normalized spacial score (nSPS) is 11.8. The molecule has 0 saturated carbocycles. The van der Waals surface area contributed by atoms with Crippen molar-refractivity contribution < 1.29 is 12.9 Å². The predicted octanol–water partition coefficient (Wildman–Crippen LogP) is 3.85. The number of nitrogens with one attached hydrogen (secondary N) is 1. The van der Waals surface area contributed by atoms with Gasteiger partial charge in [-0.3, -0.25) is 0 Å². The molecular formula is C18H20N2O3S2. The topological polar surface area (TPSA) is 72.2 Å². The van der Waals surface area contributed by atoms with Crippen LogP contribution in [0.15, 0.2) is 45.8 Å². The van der Waals surface area contributed by atoms with E-state index in [4.69, 9.17) is 4.52 Å². The van der Waals surface area contributed by atoms with E-state index in [9.17, 15) is 8.42 Å². The summed E-state index contributed by atoms with van der Waals surface area (Å²) in [7, 11) is -3.56. The number of benzene rings is 1. The van der Waals surface area contributed by atoms with Gasteiger partial charge in [0.15, 0.2) is 5.76 Å². The van der Waals surface area contributed by atoms with Crippen molar-refractivity contribution in [1.82, 2.24) is 9.88 Å². The van der Waals surface area contributed by atoms with Gasteiger partial charge in [-0.25, -0.2) is 13.1 Å². The lowest BCUT2D eigenvalue weighted by Gasteiger charge is -2.06. The average Bonchev–Trinajstić information content (AvgIpc) is 3.12. The lowest BCUT2D eigenvalue weighted by Crippen LogP contribution is -2.26. The van der Waals surface area contributed by atoms with E-state index < -0.39 is 10.0 Å². The zero-order chi connectivity index (χ0) is 18.0. The van der Waals surface area contributed by atoms with Crippen molar-refractivity contribution in [3.8, 4) is 10.6 Å². The molecular weight excluding hydrogens is 356 g/mol. The highest BCUT2D eigenvalue weighted by molar-refractivity contribution is 7.89. The molecule has 25 heavy (non-hydrogen) atoms. The number of thiophene rings is 1. The van der Waals surface area contributed by atoms with Gasteiger partial charge in [0, 0.05) is 17.0 Å². The Hall–Kier alpha value is -1.96. The zero-order valence-electron chi connectivity index (χ0n) is 14.4. The van der Waals surface area contributed by atoms with Crippen LogP contribution in [-0.2, 0) is 16.4 Å². The van der Waals surface area contributed by atoms with Crippen LogP contribution in [0.4, 0.5) is 0 Å². The monoisotopic (exact) mass is 376 g/mol. The molecule has 7 heteroatoms. The van der Waals surface area contributed by atoms with Crippen LogP contribution in [0.5, 0.6) is 0 Å². The Labute approximate surface area is 151 Å². The predicted molar refractivity (Wildman–Crippen MR) is 99.4 cm³/mol. The molecule has 5 nitrogen and oxygen atoms in total. The largest absolute Gasteiger partial charge is 0.355 e. The fraction of sp³-hybridized carbons (Fsp3) is 0.278. The van der Waals surface area contributed by atoms with Gasteiger partial charge in [-0.05, 0) is 38.8 Å². The first-order chi connectivity index (χ1) is 11.9. The molecule has 2 heterocycles. The van der Waals surface area contributed by atoms with Crippen LogP contribution in [0.2, 0.25) is 0 Å². The Balaban J connectivity index is 1.77. The Morgan fingerprint density at radius 1 is 1.16 bits per heavy atom. The number of aromatic nitrogens is 1. The summed E-state index contributed by atoms with van der Waals surface area (Å²) in [6, 6.07) is 11.5. The van der Waals surface area contributed by atoms with Crippen LogP contribution >= 0.6 is 11.3 Å². The highest BCUT2D eigenvalue weighted by Gasteiger charge is 2.22. The molecule has 0 fully saturated rings. The molecule has 0 aliphatic heterocycles. The summed E-state index contributed by atoms with van der Waals surface area (Å²) in [5.74, 6) is 0.635. The number of hydrogen-bond acceptors (Lipinski definition) is 5. The molecule has 1 aromatic carbocycles. The van der Waals surface area contributed by atoms with Crippen LogP contribution < -0.4 is 4.72 Å². The van der Waals surface area contributed by atoms with Crippen LogP contribution in [0.3, 0.4) is 0 Å². The number of rotatable bonds is 6. The fourth-order valence-electron chi connectivity index (χ4n) is 2.54. The van der Waals surface area contributed by atoms with Gasteiger partial charge in [0.1, 0.15) is 0 Å². The standard InChI is InChI=1S/C18H20N2O3S2/c1-12-13(2)20-23-18(12)16-11-17(14(3)24-16)25(21,22)19-10-9-15-7-5-4-6-8-15/h4-8,11,19H,9-10H2,1-3H3. The third kappa shape index (κ3) is 3.84. The molecule has 2 aromatic heterocycles. The molecule has 3 rings (SSSR count). The Morgan fingerprint density at radius 3 is 2.52 bits per heavy atom. The minimum atomic E-state index is -3.56. The van der Waals surface area contributed by atoms with E-state index in [1.54, 1.807) is 13.0 Å². The van der Waals surface area contributed by atoms with E-state index in [-0.39, 0.29) is 0 Å². The Kier molecular flexibility index (Phi) is 5.08. The minimum Gasteiger partial charge on any atom is -0.355 e. The second kappa shape index (κ2) is 7.11. The molecule has 0 bridgehead atoms. The van der Waals surface area contributed by atoms with Gasteiger partial charge in [-0.15, -0.1) is 11.3 Å². The van der Waals surface area contributed by atoms with Crippen LogP contribution in [0.1, 0.15) is 21.7 Å². The van der Waals surface area contributed by atoms with Gasteiger partial charge in [-0.2, -0.15) is 0 Å². The van der Waals surface area contributed by atoms with Gasteiger partial charge in [0.2, 0.25) is 10.0 Å². The molecule has 132 valence electrons. The van der Waals surface area contributed by atoms with E-state index in [1.807, 2.05) is 44.2 Å². The molecule has 0 radical (unpaired) electrons. The number of aryl methyl sites for hydroxylation is 2. The van der Waals surface area contributed by atoms with Crippen molar-refractivity contribution in [2.75, 3.05) is 6.54 Å². The average molecular weight is 377 g/mol. The first-order valence-corrected chi connectivity index (χ1v) is 10.3. The van der Waals surface area contributed by atoms with Crippen LogP contribution in [0, 0.1) is 20.8 Å². The molecule has 0 amide bonds. The second-order valence-corrected chi connectivity index (χ2v) is 8.88. The first kappa shape index (κ1) is 17.8. The number of hydrogen-bond donors (Lipinski definition) is 1. The van der Waals surface area contributed by atoms with E-state index >= 15 is 0 Å². The van der Waals surface area contributed by atoms with E-state index in [0.717, 1.165) is 26.6 Å². The maximum Gasteiger partial charge on any atom is 0.241 e. The summed E-state index contributed by atoms with van der Waals surface area (Å²) in [6.45, 7) is 5.95. The van der Waals surface area contributed by atoms with Crippen LogP contribution in [0.25, 0.3) is 10.6 Å². The minimum absolute atomic E-state index is 0.300. The summed E-state index contributed by atoms with van der Waals surface area (Å²) in [5.41, 5.74) is 2.84. The molecule has 0 atom stereocenters. The van der Waals surface area contributed by atoms with Crippen molar-refractivity contribution in [2.45, 2.75) is 32.1 Å². The van der Waals surface area contributed by atoms with Gasteiger partial charge in [-0.1, -0.05) is 35.5 Å². The highest BCUT2D eigenvalue weighted by Crippen LogP contribution is 2.35. The maximum absolute atomic E-state index is 12.6. The molecule has 0 spiro atoms. The number of nitrogens with zero attached hydrogens (tertiary/aromatic N) is 1. The van der Waals surface area contributed by atoms with Gasteiger partial charge in [0.25, 0.3) is 0 Å². The summed E-state index contributed by atoms with van der Waals surface area (Å²) >= 11 is 1.40. The van der Waals surface area contributed by atoms with Crippen molar-refractivity contribution in [3.05, 3.63) is 58.1 Å². The van der Waals surface area contributed by atoms with Crippen molar-refractivity contribution in [2.24, 2.45) is 0 Å². The van der Waals surface area contributed by atoms with Crippen LogP contribution in [-0.4, -0.2) is 20.1 Å². The lowest BCUT2D eigenvalue weighted by molar-refractivity contribution is 0.427. The third-order valence-electron chi connectivity index (χ3n) is 4.09. The summed E-state index contributed by atoms with van der Waals surface area (Å²) in [5, 5.41) is 3.94. The Morgan fingerprint density at radius 2 is 1.88 bits per heavy atom. The second-order valence-electron chi connectivity index (χ2n) is 5.89. The molecule has 0 saturated heterocycles. The van der Waals surface area contributed by atoms with Gasteiger partial charge >= 0.3 is 0 Å². The van der Waals surface area contributed by atoms with E-state index in [1.165, 1.54) is 11.3 Å². The molecule has 0 unspecified atom stereocenters. The summed E-state index contributed by atoms with van der Waals surface area (Å²) in [4.78, 5) is 1.81. The maximum atomic E-state index is 12.6. The van der Waals surface area contributed by atoms with Crippen molar-refractivity contribution in [3.63, 3.8) is 0 Å². The Bertz CT molecular complexity index is 973. The highest BCUT2D eigenvalue weighted by atomic mass is 32.2. The molecule has 0 aliphatic carbocycles.